The SMILES string of the molecule is CC1(C)CCCN(c2ccncc2CNC2CC2)C1. The van der Waals surface area contributed by atoms with Gasteiger partial charge in [0, 0.05) is 49.3 Å². The van der Waals surface area contributed by atoms with E-state index < -0.39 is 0 Å². The van der Waals surface area contributed by atoms with Gasteiger partial charge in [0.25, 0.3) is 0 Å². The molecule has 3 nitrogen and oxygen atoms in total. The Hall–Kier alpha value is -1.09. The monoisotopic (exact) mass is 259 g/mol. The minimum atomic E-state index is 0.433. The van der Waals surface area contributed by atoms with Gasteiger partial charge in [-0.05, 0) is 37.2 Å². The van der Waals surface area contributed by atoms with Crippen LogP contribution in [0.1, 0.15) is 45.1 Å². The lowest BCUT2D eigenvalue weighted by Gasteiger charge is -2.40. The van der Waals surface area contributed by atoms with Crippen LogP contribution in [0.3, 0.4) is 0 Å². The lowest BCUT2D eigenvalue weighted by molar-refractivity contribution is 0.293. The fourth-order valence-electron chi connectivity index (χ4n) is 3.04. The van der Waals surface area contributed by atoms with E-state index in [0.717, 1.165) is 19.1 Å². The summed E-state index contributed by atoms with van der Waals surface area (Å²) in [5.74, 6) is 0. The van der Waals surface area contributed by atoms with Crippen LogP contribution in [-0.4, -0.2) is 24.1 Å². The average Bonchev–Trinajstić information content (AvgIpc) is 3.19. The fourth-order valence-corrected chi connectivity index (χ4v) is 3.04. The van der Waals surface area contributed by atoms with Crippen molar-refractivity contribution < 1.29 is 0 Å². The number of rotatable bonds is 4. The molecule has 1 saturated heterocycles. The lowest BCUT2D eigenvalue weighted by atomic mass is 9.84. The Morgan fingerprint density at radius 3 is 3.00 bits per heavy atom. The quantitative estimate of drug-likeness (QED) is 0.901. The third kappa shape index (κ3) is 3.27. The molecule has 2 aliphatic rings. The number of nitrogens with one attached hydrogen (secondary N) is 1. The molecule has 2 fully saturated rings. The second-order valence-corrected chi connectivity index (χ2v) is 6.85. The molecule has 0 unspecified atom stereocenters. The zero-order valence-corrected chi connectivity index (χ0v) is 12.2. The van der Waals surface area contributed by atoms with Gasteiger partial charge < -0.3 is 10.2 Å². The summed E-state index contributed by atoms with van der Waals surface area (Å²) >= 11 is 0. The zero-order valence-electron chi connectivity index (χ0n) is 12.2. The smallest absolute Gasteiger partial charge is 0.0443 e. The number of hydrogen-bond acceptors (Lipinski definition) is 3. The summed E-state index contributed by atoms with van der Waals surface area (Å²) in [7, 11) is 0. The summed E-state index contributed by atoms with van der Waals surface area (Å²) in [6.07, 6.45) is 9.28. The van der Waals surface area contributed by atoms with Crippen LogP contribution in [0.4, 0.5) is 5.69 Å². The Balaban J connectivity index is 1.74. The predicted molar refractivity (Wildman–Crippen MR) is 79.3 cm³/mol. The lowest BCUT2D eigenvalue weighted by Crippen LogP contribution is -2.40. The number of nitrogens with zero attached hydrogens (tertiary/aromatic N) is 2. The Morgan fingerprint density at radius 1 is 1.42 bits per heavy atom. The highest BCUT2D eigenvalue weighted by atomic mass is 15.1. The normalized spacial score (nSPS) is 22.5. The van der Waals surface area contributed by atoms with Gasteiger partial charge >= 0.3 is 0 Å². The fraction of sp³-hybridized carbons (Fsp3) is 0.688. The van der Waals surface area contributed by atoms with Gasteiger partial charge in [0.15, 0.2) is 0 Å². The summed E-state index contributed by atoms with van der Waals surface area (Å²) in [6.45, 7) is 8.06. The van der Waals surface area contributed by atoms with Crippen LogP contribution in [0.25, 0.3) is 0 Å². The minimum Gasteiger partial charge on any atom is -0.371 e. The van der Waals surface area contributed by atoms with Crippen LogP contribution in [0.5, 0.6) is 0 Å². The first-order valence-electron chi connectivity index (χ1n) is 7.55. The van der Waals surface area contributed by atoms with Gasteiger partial charge in [-0.15, -0.1) is 0 Å². The van der Waals surface area contributed by atoms with Gasteiger partial charge in [-0.3, -0.25) is 4.98 Å². The van der Waals surface area contributed by atoms with Gasteiger partial charge in [-0.25, -0.2) is 0 Å². The van der Waals surface area contributed by atoms with E-state index in [1.54, 1.807) is 0 Å². The Morgan fingerprint density at radius 2 is 2.26 bits per heavy atom. The number of aromatic nitrogens is 1. The molecule has 3 rings (SSSR count). The third-order valence-corrected chi connectivity index (χ3v) is 4.28. The number of hydrogen-bond donors (Lipinski definition) is 1. The summed E-state index contributed by atoms with van der Waals surface area (Å²) in [4.78, 5) is 6.86. The minimum absolute atomic E-state index is 0.433. The first-order chi connectivity index (χ1) is 9.14. The molecule has 0 atom stereocenters. The maximum Gasteiger partial charge on any atom is 0.0443 e. The number of piperidine rings is 1. The van der Waals surface area contributed by atoms with Crippen LogP contribution in [0, 0.1) is 5.41 Å². The first kappa shape index (κ1) is 12.9. The van der Waals surface area contributed by atoms with Crippen LogP contribution >= 0.6 is 0 Å². The Labute approximate surface area is 116 Å². The van der Waals surface area contributed by atoms with Crippen molar-refractivity contribution in [3.63, 3.8) is 0 Å². The molecule has 0 radical (unpaired) electrons. The van der Waals surface area contributed by atoms with Crippen molar-refractivity contribution in [3.05, 3.63) is 24.0 Å². The molecule has 0 aromatic carbocycles. The molecule has 0 bridgehead atoms. The Bertz CT molecular complexity index is 437. The molecule has 19 heavy (non-hydrogen) atoms. The topological polar surface area (TPSA) is 28.2 Å². The Kier molecular flexibility index (Phi) is 3.48. The third-order valence-electron chi connectivity index (χ3n) is 4.28. The van der Waals surface area contributed by atoms with E-state index >= 15 is 0 Å². The second kappa shape index (κ2) is 5.12. The average molecular weight is 259 g/mol. The highest BCUT2D eigenvalue weighted by Gasteiger charge is 2.28. The zero-order chi connectivity index (χ0) is 13.3. The summed E-state index contributed by atoms with van der Waals surface area (Å²) < 4.78 is 0. The van der Waals surface area contributed by atoms with Crippen molar-refractivity contribution in [2.75, 3.05) is 18.0 Å². The van der Waals surface area contributed by atoms with Crippen molar-refractivity contribution in [2.45, 2.75) is 52.1 Å². The van der Waals surface area contributed by atoms with Crippen molar-refractivity contribution in [3.8, 4) is 0 Å². The van der Waals surface area contributed by atoms with Crippen molar-refractivity contribution in [1.82, 2.24) is 10.3 Å². The van der Waals surface area contributed by atoms with E-state index in [1.807, 2.05) is 12.4 Å². The maximum atomic E-state index is 4.31. The van der Waals surface area contributed by atoms with Crippen molar-refractivity contribution in [2.24, 2.45) is 5.41 Å². The van der Waals surface area contributed by atoms with Gasteiger partial charge in [0.1, 0.15) is 0 Å². The van der Waals surface area contributed by atoms with E-state index in [1.165, 1.54) is 43.5 Å². The van der Waals surface area contributed by atoms with E-state index in [4.69, 9.17) is 0 Å². The molecule has 0 amide bonds. The summed E-state index contributed by atoms with van der Waals surface area (Å²) in [5, 5.41) is 3.61. The van der Waals surface area contributed by atoms with Crippen LogP contribution in [-0.2, 0) is 6.54 Å². The van der Waals surface area contributed by atoms with Crippen molar-refractivity contribution >= 4 is 5.69 Å². The molecular weight excluding hydrogens is 234 g/mol. The summed E-state index contributed by atoms with van der Waals surface area (Å²) in [6, 6.07) is 2.94. The molecule has 1 aliphatic carbocycles. The molecule has 1 saturated carbocycles. The summed E-state index contributed by atoms with van der Waals surface area (Å²) in [5.41, 5.74) is 3.17. The van der Waals surface area contributed by atoms with E-state index in [0.29, 0.717) is 5.41 Å². The molecule has 1 N–H and O–H groups in total. The standard InChI is InChI=1S/C16H25N3/c1-16(2)7-3-9-19(12-16)15-6-8-17-10-13(15)11-18-14-4-5-14/h6,8,10,14,18H,3-5,7,9,11-12H2,1-2H3. The molecule has 0 spiro atoms. The molecule has 2 heterocycles. The van der Waals surface area contributed by atoms with Crippen LogP contribution < -0.4 is 10.2 Å². The van der Waals surface area contributed by atoms with Gasteiger partial charge in [0.05, 0.1) is 0 Å². The second-order valence-electron chi connectivity index (χ2n) is 6.85. The van der Waals surface area contributed by atoms with Gasteiger partial charge in [-0.2, -0.15) is 0 Å². The molecular formula is C16H25N3. The number of pyridine rings is 1. The molecule has 3 heteroatoms. The van der Waals surface area contributed by atoms with E-state index in [9.17, 15) is 0 Å². The van der Waals surface area contributed by atoms with Gasteiger partial charge in [0.2, 0.25) is 0 Å². The first-order valence-corrected chi connectivity index (χ1v) is 7.55. The van der Waals surface area contributed by atoms with E-state index in [2.05, 4.69) is 35.1 Å². The maximum absolute atomic E-state index is 4.31. The van der Waals surface area contributed by atoms with Crippen molar-refractivity contribution in [1.29, 1.82) is 0 Å². The number of anilines is 1. The van der Waals surface area contributed by atoms with Crippen LogP contribution in [0.15, 0.2) is 18.5 Å². The molecule has 1 aliphatic heterocycles. The predicted octanol–water partition coefficient (Wildman–Crippen LogP) is 2.96. The van der Waals surface area contributed by atoms with Gasteiger partial charge in [-0.1, -0.05) is 13.8 Å². The van der Waals surface area contributed by atoms with E-state index in [-0.39, 0.29) is 0 Å². The highest BCUT2D eigenvalue weighted by Crippen LogP contribution is 2.33. The highest BCUT2D eigenvalue weighted by molar-refractivity contribution is 5.52. The molecule has 104 valence electrons. The van der Waals surface area contributed by atoms with Crippen LogP contribution in [0.2, 0.25) is 0 Å². The largest absolute Gasteiger partial charge is 0.371 e. The molecule has 1 aromatic heterocycles. The molecule has 1 aromatic rings.